The van der Waals surface area contributed by atoms with Crippen LogP contribution in [0.2, 0.25) is 0 Å². The molecule has 0 spiro atoms. The van der Waals surface area contributed by atoms with Crippen molar-refractivity contribution in [2.75, 3.05) is 12.4 Å². The van der Waals surface area contributed by atoms with Gasteiger partial charge < -0.3 is 10.1 Å². The van der Waals surface area contributed by atoms with E-state index in [4.69, 9.17) is 4.74 Å². The summed E-state index contributed by atoms with van der Waals surface area (Å²) in [7, 11) is 1.40. The van der Waals surface area contributed by atoms with Crippen molar-refractivity contribution >= 4 is 40.7 Å². The average Bonchev–Trinajstić information content (AvgIpc) is 2.76. The Labute approximate surface area is 176 Å². The molecule has 1 N–H and O–H groups in total. The number of non-ortho nitro benzene ring substituents is 1. The first-order valence-electron chi connectivity index (χ1n) is 8.51. The largest absolute Gasteiger partial charge is 0.486 e. The van der Waals surface area contributed by atoms with Crippen LogP contribution in [0.1, 0.15) is 18.1 Å². The molecule has 11 heteroatoms. The monoisotopic (exact) mass is 417 g/mol. The Hall–Kier alpha value is -4.90. The van der Waals surface area contributed by atoms with E-state index in [0.29, 0.717) is 11.3 Å². The molecule has 0 saturated heterocycles. The van der Waals surface area contributed by atoms with Crippen LogP contribution in [-0.4, -0.2) is 24.3 Å². The van der Waals surface area contributed by atoms with Gasteiger partial charge in [0.25, 0.3) is 11.6 Å². The minimum absolute atomic E-state index is 0.114. The maximum atomic E-state index is 11.8. The summed E-state index contributed by atoms with van der Waals surface area (Å²) >= 11 is 0. The molecule has 0 unspecified atom stereocenters. The molecule has 0 aliphatic rings. The van der Waals surface area contributed by atoms with E-state index in [0.717, 1.165) is 18.5 Å². The number of nitrogens with zero attached hydrogens (tertiary/aromatic N) is 6. The zero-order chi connectivity index (χ0) is 23.0. The minimum atomic E-state index is -0.710. The molecule has 154 valence electrons. The minimum Gasteiger partial charge on any atom is -0.486 e. The first-order chi connectivity index (χ1) is 14.8. The predicted octanol–water partition coefficient (Wildman–Crippen LogP) is 4.57. The molecule has 0 aliphatic carbocycles. The van der Waals surface area contributed by atoms with Crippen molar-refractivity contribution in [2.45, 2.75) is 6.92 Å². The van der Waals surface area contributed by atoms with Gasteiger partial charge in [0.05, 0.1) is 28.8 Å². The maximum absolute atomic E-state index is 11.8. The summed E-state index contributed by atoms with van der Waals surface area (Å²) in [4.78, 5) is 26.2. The number of hydrogen-bond donors (Lipinski definition) is 1. The lowest BCUT2D eigenvalue weighted by Gasteiger charge is -2.07. The van der Waals surface area contributed by atoms with Crippen LogP contribution in [0.5, 0.6) is 0 Å². The Morgan fingerprint density at radius 3 is 2.35 bits per heavy atom. The average molecular weight is 417 g/mol. The van der Waals surface area contributed by atoms with E-state index < -0.39 is 10.6 Å². The van der Waals surface area contributed by atoms with Gasteiger partial charge in [-0.15, -0.1) is 10.2 Å². The highest BCUT2D eigenvalue weighted by Gasteiger charge is 2.17. The number of carbonyl (C=O) groups excluding carboxylic acids is 1. The number of benzene rings is 2. The second kappa shape index (κ2) is 10.0. The van der Waals surface area contributed by atoms with Gasteiger partial charge in [-0.25, -0.2) is 4.99 Å². The molecule has 0 saturated carbocycles. The van der Waals surface area contributed by atoms with Gasteiger partial charge in [0.1, 0.15) is 23.5 Å². The van der Waals surface area contributed by atoms with E-state index in [2.05, 4.69) is 27.1 Å². The molecule has 0 heterocycles. The number of aliphatic imine (C=N–C) groups is 1. The zero-order valence-corrected chi connectivity index (χ0v) is 16.5. The number of nitro benzene ring substituents is 1. The van der Waals surface area contributed by atoms with Crippen molar-refractivity contribution < 1.29 is 14.5 Å². The standard InChI is InChI=1S/C20H15N7O4/c1-12(2)20(28)24-15-4-5-17(18(8-15)23-11-31-3)25-26-19-13(9-21)6-16(27(29)30)7-14(19)10-22/h4-8,11H,1H2,2-3H3,(H,24,28)/b23-11?,26-25+. The highest BCUT2D eigenvalue weighted by molar-refractivity contribution is 6.03. The van der Waals surface area contributed by atoms with Crippen LogP contribution in [0.15, 0.2) is 57.7 Å². The normalized spacial score (nSPS) is 10.5. The molecule has 0 radical (unpaired) electrons. The highest BCUT2D eigenvalue weighted by Crippen LogP contribution is 2.35. The van der Waals surface area contributed by atoms with E-state index in [1.54, 1.807) is 25.1 Å². The molecular weight excluding hydrogens is 402 g/mol. The van der Waals surface area contributed by atoms with E-state index >= 15 is 0 Å². The fourth-order valence-corrected chi connectivity index (χ4v) is 2.24. The number of rotatable bonds is 7. The summed E-state index contributed by atoms with van der Waals surface area (Å²) < 4.78 is 4.82. The summed E-state index contributed by atoms with van der Waals surface area (Å²) in [6.45, 7) is 5.12. The number of carbonyl (C=O) groups is 1. The van der Waals surface area contributed by atoms with Gasteiger partial charge in [0, 0.05) is 23.4 Å². The highest BCUT2D eigenvalue weighted by atomic mass is 16.6. The quantitative estimate of drug-likeness (QED) is 0.173. The van der Waals surface area contributed by atoms with Crippen molar-refractivity contribution in [3.05, 3.63) is 63.7 Å². The third-order valence-electron chi connectivity index (χ3n) is 3.72. The first kappa shape index (κ1) is 22.4. The SMILES string of the molecule is C=C(C)C(=O)Nc1ccc(/N=N/c2c(C#N)cc([N+](=O)[O-])cc2C#N)c(N=COC)c1. The molecule has 0 aromatic heterocycles. The van der Waals surface area contributed by atoms with Gasteiger partial charge in [-0.1, -0.05) is 6.58 Å². The third kappa shape index (κ3) is 5.56. The third-order valence-corrected chi connectivity index (χ3v) is 3.72. The molecular formula is C20H15N7O4. The topological polar surface area (TPSA) is 166 Å². The van der Waals surface area contributed by atoms with E-state index in [9.17, 15) is 25.4 Å². The van der Waals surface area contributed by atoms with Crippen LogP contribution in [0, 0.1) is 32.8 Å². The molecule has 11 nitrogen and oxygen atoms in total. The predicted molar refractivity (Wildman–Crippen MR) is 112 cm³/mol. The summed E-state index contributed by atoms with van der Waals surface area (Å²) in [6.07, 6.45) is 1.14. The lowest BCUT2D eigenvalue weighted by Crippen LogP contribution is -2.11. The zero-order valence-electron chi connectivity index (χ0n) is 16.5. The van der Waals surface area contributed by atoms with Crippen molar-refractivity contribution in [1.29, 1.82) is 10.5 Å². The number of anilines is 1. The Kier molecular flexibility index (Phi) is 7.25. The number of amides is 1. The summed E-state index contributed by atoms with van der Waals surface area (Å²) in [5.74, 6) is -0.376. The fraction of sp³-hybridized carbons (Fsp3) is 0.100. The molecule has 2 aromatic rings. The molecule has 1 amide bonds. The summed E-state index contributed by atoms with van der Waals surface area (Å²) in [5, 5.41) is 40.2. The number of methoxy groups -OCH3 is 1. The second-order valence-corrected chi connectivity index (χ2v) is 5.98. The van der Waals surface area contributed by atoms with Gasteiger partial charge in [-0.3, -0.25) is 14.9 Å². The van der Waals surface area contributed by atoms with Crippen LogP contribution >= 0.6 is 0 Å². The van der Waals surface area contributed by atoms with Crippen LogP contribution in [-0.2, 0) is 9.53 Å². The van der Waals surface area contributed by atoms with Crippen molar-refractivity contribution in [3.63, 3.8) is 0 Å². The molecule has 0 atom stereocenters. The second-order valence-electron chi connectivity index (χ2n) is 5.98. The molecule has 0 aliphatic heterocycles. The molecule has 2 aromatic carbocycles. The fourth-order valence-electron chi connectivity index (χ4n) is 2.24. The van der Waals surface area contributed by atoms with E-state index in [1.807, 2.05) is 0 Å². The molecule has 0 fully saturated rings. The van der Waals surface area contributed by atoms with Crippen LogP contribution < -0.4 is 5.32 Å². The number of nitriles is 2. The summed E-state index contributed by atoms with van der Waals surface area (Å²) in [5.41, 5.74) is 0.352. The van der Waals surface area contributed by atoms with Gasteiger partial charge in [-0.2, -0.15) is 10.5 Å². The number of nitro groups is 1. The van der Waals surface area contributed by atoms with Crippen LogP contribution in [0.25, 0.3) is 0 Å². The van der Waals surface area contributed by atoms with E-state index in [1.165, 1.54) is 19.2 Å². The number of azo groups is 1. The maximum Gasteiger partial charge on any atom is 0.272 e. The number of nitrogens with one attached hydrogen (secondary N) is 1. The molecule has 0 bridgehead atoms. The number of ether oxygens (including phenoxy) is 1. The number of hydrogen-bond acceptors (Lipinski definition) is 9. The Balaban J connectivity index is 2.52. The van der Waals surface area contributed by atoms with Gasteiger partial charge in [-0.05, 0) is 25.1 Å². The lowest BCUT2D eigenvalue weighted by atomic mass is 10.1. The molecule has 2 rings (SSSR count). The smallest absolute Gasteiger partial charge is 0.272 e. The van der Waals surface area contributed by atoms with Crippen LogP contribution in [0.4, 0.5) is 28.4 Å². The van der Waals surface area contributed by atoms with Gasteiger partial charge >= 0.3 is 0 Å². The Morgan fingerprint density at radius 1 is 1.19 bits per heavy atom. The van der Waals surface area contributed by atoms with Crippen LogP contribution in [0.3, 0.4) is 0 Å². The first-order valence-corrected chi connectivity index (χ1v) is 8.51. The lowest BCUT2D eigenvalue weighted by molar-refractivity contribution is -0.384. The Bertz CT molecular complexity index is 1170. The van der Waals surface area contributed by atoms with Crippen molar-refractivity contribution in [3.8, 4) is 12.1 Å². The molecule has 31 heavy (non-hydrogen) atoms. The van der Waals surface area contributed by atoms with Gasteiger partial charge in [0.2, 0.25) is 0 Å². The van der Waals surface area contributed by atoms with Gasteiger partial charge in [0.15, 0.2) is 6.40 Å². The van der Waals surface area contributed by atoms with E-state index in [-0.39, 0.29) is 34.1 Å². The summed E-state index contributed by atoms with van der Waals surface area (Å²) in [6, 6.07) is 10.1. The Morgan fingerprint density at radius 2 is 1.84 bits per heavy atom. The van der Waals surface area contributed by atoms with Crippen molar-refractivity contribution in [1.82, 2.24) is 0 Å². The van der Waals surface area contributed by atoms with Crippen molar-refractivity contribution in [2.24, 2.45) is 15.2 Å².